The molecule has 1 saturated heterocycles. The van der Waals surface area contributed by atoms with Gasteiger partial charge in [-0.25, -0.2) is 0 Å². The van der Waals surface area contributed by atoms with Gasteiger partial charge in [-0.3, -0.25) is 4.90 Å². The van der Waals surface area contributed by atoms with Gasteiger partial charge in [-0.05, 0) is 59.7 Å². The van der Waals surface area contributed by atoms with E-state index in [1.807, 2.05) is 20.9 Å². The predicted molar refractivity (Wildman–Crippen MR) is 67.1 cm³/mol. The maximum atomic E-state index is 8.95. The molecule has 3 heteroatoms. The van der Waals surface area contributed by atoms with Crippen molar-refractivity contribution in [1.82, 2.24) is 10.2 Å². The minimum atomic E-state index is -0.155. The zero-order valence-electron chi connectivity index (χ0n) is 10.9. The summed E-state index contributed by atoms with van der Waals surface area (Å²) in [5, 5.41) is 12.2. The van der Waals surface area contributed by atoms with Gasteiger partial charge in [-0.15, -0.1) is 0 Å². The van der Waals surface area contributed by atoms with E-state index >= 15 is 0 Å². The van der Waals surface area contributed by atoms with Gasteiger partial charge in [-0.1, -0.05) is 0 Å². The van der Waals surface area contributed by atoms with E-state index in [0.29, 0.717) is 0 Å². The van der Waals surface area contributed by atoms with E-state index in [0.717, 1.165) is 32.0 Å². The molecule has 1 rings (SSSR count). The molecular formula is C13H25N3. The van der Waals surface area contributed by atoms with E-state index in [4.69, 9.17) is 5.26 Å². The largest absolute Gasteiger partial charge is 0.318 e. The summed E-state index contributed by atoms with van der Waals surface area (Å²) in [6.45, 7) is 7.54. The van der Waals surface area contributed by atoms with E-state index in [1.54, 1.807) is 0 Å². The van der Waals surface area contributed by atoms with Crippen LogP contribution in [0.2, 0.25) is 0 Å². The molecule has 3 nitrogen and oxygen atoms in total. The number of hydrogen-bond acceptors (Lipinski definition) is 3. The normalized spacial score (nSPS) is 22.2. The Hall–Kier alpha value is -0.590. The van der Waals surface area contributed by atoms with Gasteiger partial charge in [0.1, 0.15) is 0 Å². The predicted octanol–water partition coefficient (Wildman–Crippen LogP) is 2.00. The van der Waals surface area contributed by atoms with Crippen molar-refractivity contribution in [3.63, 3.8) is 0 Å². The van der Waals surface area contributed by atoms with E-state index in [9.17, 15) is 0 Å². The Bertz CT molecular complexity index is 242. The van der Waals surface area contributed by atoms with Gasteiger partial charge in [-0.2, -0.15) is 5.26 Å². The first-order valence-electron chi connectivity index (χ1n) is 6.39. The molecule has 0 bridgehead atoms. The van der Waals surface area contributed by atoms with Crippen LogP contribution in [0.15, 0.2) is 0 Å². The zero-order valence-corrected chi connectivity index (χ0v) is 10.9. The van der Waals surface area contributed by atoms with Crippen LogP contribution in [0.3, 0.4) is 0 Å². The quantitative estimate of drug-likeness (QED) is 0.748. The molecule has 1 N–H and O–H groups in total. The number of likely N-dealkylation sites (N-methyl/N-ethyl adjacent to an activating group) is 1. The molecular weight excluding hydrogens is 198 g/mol. The first-order chi connectivity index (χ1) is 7.59. The van der Waals surface area contributed by atoms with Crippen molar-refractivity contribution in [3.05, 3.63) is 0 Å². The molecule has 0 aromatic carbocycles. The standard InChI is InChI=1S/C13H25N3/c1-13(2,11-14)7-5-9-16-8-4-6-12(16)10-15-3/h12,15H,4-10H2,1-3H3. The summed E-state index contributed by atoms with van der Waals surface area (Å²) in [5.41, 5.74) is -0.155. The molecule has 0 spiro atoms. The molecule has 0 radical (unpaired) electrons. The molecule has 1 atom stereocenters. The number of nitrogens with one attached hydrogen (secondary N) is 1. The van der Waals surface area contributed by atoms with Crippen LogP contribution in [0, 0.1) is 16.7 Å². The highest BCUT2D eigenvalue weighted by Crippen LogP contribution is 2.23. The minimum Gasteiger partial charge on any atom is -0.318 e. The third kappa shape index (κ3) is 4.11. The fourth-order valence-electron chi connectivity index (χ4n) is 2.44. The minimum absolute atomic E-state index is 0.155. The van der Waals surface area contributed by atoms with Crippen LogP contribution in [0.1, 0.15) is 39.5 Å². The zero-order chi connectivity index (χ0) is 12.0. The highest BCUT2D eigenvalue weighted by atomic mass is 15.2. The summed E-state index contributed by atoms with van der Waals surface area (Å²) in [5.74, 6) is 0. The molecule has 1 aliphatic rings. The molecule has 0 saturated carbocycles. The van der Waals surface area contributed by atoms with Crippen molar-refractivity contribution >= 4 is 0 Å². The monoisotopic (exact) mass is 223 g/mol. The second kappa shape index (κ2) is 6.22. The summed E-state index contributed by atoms with van der Waals surface area (Å²) < 4.78 is 0. The molecule has 1 aliphatic heterocycles. The second-order valence-electron chi connectivity index (χ2n) is 5.49. The van der Waals surface area contributed by atoms with Crippen molar-refractivity contribution in [1.29, 1.82) is 5.26 Å². The summed E-state index contributed by atoms with van der Waals surface area (Å²) in [7, 11) is 2.02. The third-order valence-electron chi connectivity index (χ3n) is 3.49. The van der Waals surface area contributed by atoms with Gasteiger partial charge < -0.3 is 5.32 Å². The molecule has 92 valence electrons. The smallest absolute Gasteiger partial charge is 0.0683 e. The number of rotatable bonds is 6. The molecule has 1 heterocycles. The summed E-state index contributed by atoms with van der Waals surface area (Å²) >= 11 is 0. The van der Waals surface area contributed by atoms with Gasteiger partial charge >= 0.3 is 0 Å². The highest BCUT2D eigenvalue weighted by Gasteiger charge is 2.24. The van der Waals surface area contributed by atoms with Crippen molar-refractivity contribution in [3.8, 4) is 6.07 Å². The third-order valence-corrected chi connectivity index (χ3v) is 3.49. The molecule has 16 heavy (non-hydrogen) atoms. The Balaban J connectivity index is 2.25. The van der Waals surface area contributed by atoms with Crippen LogP contribution in [0.25, 0.3) is 0 Å². The number of nitrogens with zero attached hydrogens (tertiary/aromatic N) is 2. The van der Waals surface area contributed by atoms with Crippen LogP contribution >= 0.6 is 0 Å². The van der Waals surface area contributed by atoms with Gasteiger partial charge in [0, 0.05) is 12.6 Å². The lowest BCUT2D eigenvalue weighted by Gasteiger charge is -2.25. The Morgan fingerprint density at radius 3 is 2.88 bits per heavy atom. The van der Waals surface area contributed by atoms with Crippen LogP contribution in [-0.2, 0) is 0 Å². The van der Waals surface area contributed by atoms with E-state index in [-0.39, 0.29) is 5.41 Å². The van der Waals surface area contributed by atoms with Crippen LogP contribution in [0.4, 0.5) is 0 Å². The molecule has 0 amide bonds. The van der Waals surface area contributed by atoms with Gasteiger partial charge in [0.05, 0.1) is 11.5 Å². The Kier molecular flexibility index (Phi) is 5.24. The topological polar surface area (TPSA) is 39.1 Å². The SMILES string of the molecule is CNCC1CCCN1CCCC(C)(C)C#N. The summed E-state index contributed by atoms with van der Waals surface area (Å²) in [6, 6.07) is 3.09. The second-order valence-corrected chi connectivity index (χ2v) is 5.49. The van der Waals surface area contributed by atoms with E-state index in [2.05, 4.69) is 16.3 Å². The van der Waals surface area contributed by atoms with Gasteiger partial charge in [0.25, 0.3) is 0 Å². The summed E-state index contributed by atoms with van der Waals surface area (Å²) in [4.78, 5) is 2.57. The van der Waals surface area contributed by atoms with Crippen LogP contribution in [-0.4, -0.2) is 37.6 Å². The van der Waals surface area contributed by atoms with E-state index < -0.39 is 0 Å². The van der Waals surface area contributed by atoms with Crippen LogP contribution in [0.5, 0.6) is 0 Å². The molecule has 1 fully saturated rings. The lowest BCUT2D eigenvalue weighted by Crippen LogP contribution is -2.37. The first kappa shape index (κ1) is 13.5. The Morgan fingerprint density at radius 1 is 1.50 bits per heavy atom. The van der Waals surface area contributed by atoms with E-state index in [1.165, 1.54) is 19.4 Å². The van der Waals surface area contributed by atoms with Crippen molar-refractivity contribution in [2.45, 2.75) is 45.6 Å². The first-order valence-corrected chi connectivity index (χ1v) is 6.39. The van der Waals surface area contributed by atoms with Gasteiger partial charge in [0.2, 0.25) is 0 Å². The number of hydrogen-bond donors (Lipinski definition) is 1. The maximum absolute atomic E-state index is 8.95. The lowest BCUT2D eigenvalue weighted by atomic mass is 9.90. The van der Waals surface area contributed by atoms with Crippen molar-refractivity contribution < 1.29 is 0 Å². The van der Waals surface area contributed by atoms with Crippen molar-refractivity contribution in [2.75, 3.05) is 26.7 Å². The Morgan fingerprint density at radius 2 is 2.25 bits per heavy atom. The average molecular weight is 223 g/mol. The van der Waals surface area contributed by atoms with Crippen LogP contribution < -0.4 is 5.32 Å². The van der Waals surface area contributed by atoms with Gasteiger partial charge in [0.15, 0.2) is 0 Å². The fourth-order valence-corrected chi connectivity index (χ4v) is 2.44. The summed E-state index contributed by atoms with van der Waals surface area (Å²) in [6.07, 6.45) is 4.80. The molecule has 0 aromatic heterocycles. The fraction of sp³-hybridized carbons (Fsp3) is 0.923. The average Bonchev–Trinajstić information content (AvgIpc) is 2.66. The molecule has 0 aromatic rings. The Labute approximate surface area is 99.8 Å². The molecule has 0 aliphatic carbocycles. The molecule has 1 unspecified atom stereocenters. The maximum Gasteiger partial charge on any atom is 0.0683 e. The number of likely N-dealkylation sites (tertiary alicyclic amines) is 1. The number of nitriles is 1. The van der Waals surface area contributed by atoms with Crippen molar-refractivity contribution in [2.24, 2.45) is 5.41 Å². The lowest BCUT2D eigenvalue weighted by molar-refractivity contribution is 0.236. The highest BCUT2D eigenvalue weighted by molar-refractivity contribution is 4.91.